The maximum Gasteiger partial charge on any atom is 0.250 e. The first-order valence-electron chi connectivity index (χ1n) is 8.57. The van der Waals surface area contributed by atoms with E-state index in [9.17, 15) is 14.4 Å². The van der Waals surface area contributed by atoms with Gasteiger partial charge in [-0.1, -0.05) is 18.2 Å². The van der Waals surface area contributed by atoms with Crippen LogP contribution in [-0.4, -0.2) is 41.7 Å². The molecule has 0 unspecified atom stereocenters. The molecule has 7 nitrogen and oxygen atoms in total. The van der Waals surface area contributed by atoms with Crippen molar-refractivity contribution in [1.29, 1.82) is 0 Å². The largest absolute Gasteiger partial charge is 0.366 e. The summed E-state index contributed by atoms with van der Waals surface area (Å²) < 4.78 is 0. The third-order valence-corrected chi connectivity index (χ3v) is 4.25. The van der Waals surface area contributed by atoms with Crippen LogP contribution in [0.1, 0.15) is 10.4 Å². The molecule has 0 aliphatic carbocycles. The standard InChI is InChI=1S/C21H20N4O3/c1-25(2)19(27)9-8-18(26)24-14-5-3-4-13(12-14)15-6-7-17(21(22)28)20-16(15)10-11-23-20/h3-12,23H,1-2H3,(H2,22,28)(H,24,26). The lowest BCUT2D eigenvalue weighted by molar-refractivity contribution is -0.124. The quantitative estimate of drug-likeness (QED) is 0.595. The molecule has 0 spiro atoms. The van der Waals surface area contributed by atoms with Gasteiger partial charge >= 0.3 is 0 Å². The summed E-state index contributed by atoms with van der Waals surface area (Å²) in [6.45, 7) is 0. The number of carbonyl (C=O) groups is 3. The smallest absolute Gasteiger partial charge is 0.250 e. The number of nitrogens with two attached hydrogens (primary N) is 1. The van der Waals surface area contributed by atoms with E-state index in [2.05, 4.69) is 10.3 Å². The second kappa shape index (κ2) is 7.79. The van der Waals surface area contributed by atoms with Gasteiger partial charge in [0.1, 0.15) is 0 Å². The normalized spacial score (nSPS) is 10.9. The lowest BCUT2D eigenvalue weighted by Crippen LogP contribution is -2.19. The van der Waals surface area contributed by atoms with Crippen molar-refractivity contribution >= 4 is 34.3 Å². The molecule has 7 heteroatoms. The Morgan fingerprint density at radius 1 is 1.07 bits per heavy atom. The van der Waals surface area contributed by atoms with Crippen LogP contribution >= 0.6 is 0 Å². The van der Waals surface area contributed by atoms with Crippen molar-refractivity contribution in [3.05, 3.63) is 66.4 Å². The topological polar surface area (TPSA) is 108 Å². The highest BCUT2D eigenvalue weighted by molar-refractivity contribution is 6.09. The van der Waals surface area contributed by atoms with Gasteiger partial charge < -0.3 is 20.9 Å². The van der Waals surface area contributed by atoms with Crippen LogP contribution in [0.3, 0.4) is 0 Å². The highest BCUT2D eigenvalue weighted by Crippen LogP contribution is 2.31. The van der Waals surface area contributed by atoms with Gasteiger partial charge in [-0.25, -0.2) is 0 Å². The molecule has 0 saturated heterocycles. The Morgan fingerprint density at radius 3 is 2.57 bits per heavy atom. The number of fused-ring (bicyclic) bond motifs is 1. The number of hydrogen-bond donors (Lipinski definition) is 3. The Kier molecular flexibility index (Phi) is 5.26. The molecule has 0 saturated carbocycles. The van der Waals surface area contributed by atoms with Gasteiger partial charge in [0, 0.05) is 43.5 Å². The molecule has 0 bridgehead atoms. The summed E-state index contributed by atoms with van der Waals surface area (Å²) in [4.78, 5) is 39.6. The SMILES string of the molecule is CN(C)C(=O)C=CC(=O)Nc1cccc(-c2ccc(C(N)=O)c3[nH]ccc23)c1. The number of hydrogen-bond acceptors (Lipinski definition) is 3. The molecule has 3 rings (SSSR count). The van der Waals surface area contributed by atoms with Crippen molar-refractivity contribution in [2.75, 3.05) is 19.4 Å². The third kappa shape index (κ3) is 3.93. The average Bonchev–Trinajstić information content (AvgIpc) is 3.15. The zero-order chi connectivity index (χ0) is 20.3. The van der Waals surface area contributed by atoms with Gasteiger partial charge in [-0.3, -0.25) is 14.4 Å². The summed E-state index contributed by atoms with van der Waals surface area (Å²) in [5.74, 6) is -1.17. The van der Waals surface area contributed by atoms with Gasteiger partial charge in [0.15, 0.2) is 0 Å². The summed E-state index contributed by atoms with van der Waals surface area (Å²) in [6.07, 6.45) is 4.16. The predicted octanol–water partition coefficient (Wildman–Crippen LogP) is 2.52. The number of likely N-dealkylation sites (N-methyl/N-ethyl adjacent to an activating group) is 1. The number of aromatic amines is 1. The Hall–Kier alpha value is -3.87. The van der Waals surface area contributed by atoms with E-state index in [0.29, 0.717) is 16.8 Å². The van der Waals surface area contributed by atoms with Crippen molar-refractivity contribution in [2.24, 2.45) is 5.73 Å². The van der Waals surface area contributed by atoms with Crippen molar-refractivity contribution < 1.29 is 14.4 Å². The summed E-state index contributed by atoms with van der Waals surface area (Å²) in [6, 6.07) is 12.7. The Morgan fingerprint density at radius 2 is 1.86 bits per heavy atom. The van der Waals surface area contributed by atoms with E-state index in [1.807, 2.05) is 30.3 Å². The van der Waals surface area contributed by atoms with Crippen LogP contribution in [0.25, 0.3) is 22.0 Å². The molecule has 1 aromatic heterocycles. The van der Waals surface area contributed by atoms with Crippen LogP contribution < -0.4 is 11.1 Å². The zero-order valence-corrected chi connectivity index (χ0v) is 15.5. The third-order valence-electron chi connectivity index (χ3n) is 4.25. The monoisotopic (exact) mass is 376 g/mol. The maximum absolute atomic E-state index is 12.1. The molecule has 0 fully saturated rings. The van der Waals surface area contributed by atoms with E-state index < -0.39 is 11.8 Å². The number of primary amides is 1. The van der Waals surface area contributed by atoms with Crippen LogP contribution in [-0.2, 0) is 9.59 Å². The number of benzene rings is 2. The molecule has 0 aliphatic heterocycles. The molecule has 4 N–H and O–H groups in total. The van der Waals surface area contributed by atoms with Crippen molar-refractivity contribution in [3.8, 4) is 11.1 Å². The van der Waals surface area contributed by atoms with Gasteiger partial charge in [0.2, 0.25) is 11.8 Å². The molecule has 0 radical (unpaired) electrons. The second-order valence-corrected chi connectivity index (χ2v) is 6.43. The van der Waals surface area contributed by atoms with Crippen LogP contribution in [0.15, 0.2) is 60.8 Å². The number of amides is 3. The first kappa shape index (κ1) is 18.9. The van der Waals surface area contributed by atoms with Crippen molar-refractivity contribution in [1.82, 2.24) is 9.88 Å². The Labute approximate surface area is 161 Å². The summed E-state index contributed by atoms with van der Waals surface area (Å²) >= 11 is 0. The molecule has 28 heavy (non-hydrogen) atoms. The highest BCUT2D eigenvalue weighted by atomic mass is 16.2. The highest BCUT2D eigenvalue weighted by Gasteiger charge is 2.12. The van der Waals surface area contributed by atoms with E-state index in [-0.39, 0.29) is 5.91 Å². The minimum absolute atomic E-state index is 0.270. The lowest BCUT2D eigenvalue weighted by Gasteiger charge is -2.09. The first-order valence-corrected chi connectivity index (χ1v) is 8.57. The van der Waals surface area contributed by atoms with Crippen LogP contribution in [0.5, 0.6) is 0 Å². The van der Waals surface area contributed by atoms with Gasteiger partial charge in [-0.2, -0.15) is 0 Å². The maximum atomic E-state index is 12.1. The summed E-state index contributed by atoms with van der Waals surface area (Å²) in [7, 11) is 3.22. The molecule has 0 atom stereocenters. The van der Waals surface area contributed by atoms with E-state index in [4.69, 9.17) is 5.73 Å². The fraction of sp³-hybridized carbons (Fsp3) is 0.0952. The molecular formula is C21H20N4O3. The molecular weight excluding hydrogens is 356 g/mol. The van der Waals surface area contributed by atoms with E-state index in [0.717, 1.165) is 16.5 Å². The zero-order valence-electron chi connectivity index (χ0n) is 15.5. The number of carbonyl (C=O) groups excluding carboxylic acids is 3. The fourth-order valence-electron chi connectivity index (χ4n) is 2.86. The molecule has 3 aromatic rings. The molecule has 3 amide bonds. The van der Waals surface area contributed by atoms with Gasteiger partial charge in [-0.05, 0) is 35.4 Å². The number of H-pyrrole nitrogens is 1. The van der Waals surface area contributed by atoms with Crippen LogP contribution in [0, 0.1) is 0 Å². The molecule has 2 aromatic carbocycles. The minimum Gasteiger partial charge on any atom is -0.366 e. The first-order chi connectivity index (χ1) is 13.4. The second-order valence-electron chi connectivity index (χ2n) is 6.43. The Balaban J connectivity index is 1.88. The van der Waals surface area contributed by atoms with Crippen molar-refractivity contribution in [2.45, 2.75) is 0 Å². The molecule has 1 heterocycles. The molecule has 142 valence electrons. The number of aromatic nitrogens is 1. The number of nitrogens with one attached hydrogen (secondary N) is 2. The lowest BCUT2D eigenvalue weighted by atomic mass is 9.98. The van der Waals surface area contributed by atoms with Crippen LogP contribution in [0.2, 0.25) is 0 Å². The van der Waals surface area contributed by atoms with Gasteiger partial charge in [0.25, 0.3) is 5.91 Å². The minimum atomic E-state index is -0.501. The predicted molar refractivity (Wildman–Crippen MR) is 109 cm³/mol. The fourth-order valence-corrected chi connectivity index (χ4v) is 2.86. The van der Waals surface area contributed by atoms with Gasteiger partial charge in [-0.15, -0.1) is 0 Å². The number of rotatable bonds is 5. The van der Waals surface area contributed by atoms with E-state index in [1.165, 1.54) is 17.1 Å². The van der Waals surface area contributed by atoms with Crippen LogP contribution in [0.4, 0.5) is 5.69 Å². The summed E-state index contributed by atoms with van der Waals surface area (Å²) in [5, 5.41) is 3.60. The Bertz CT molecular complexity index is 1100. The van der Waals surface area contributed by atoms with Gasteiger partial charge in [0.05, 0.1) is 11.1 Å². The van der Waals surface area contributed by atoms with Crippen molar-refractivity contribution in [3.63, 3.8) is 0 Å². The van der Waals surface area contributed by atoms with E-state index in [1.54, 1.807) is 32.4 Å². The molecule has 0 aliphatic rings. The number of anilines is 1. The summed E-state index contributed by atoms with van der Waals surface area (Å²) in [5.41, 5.74) is 8.88. The number of nitrogens with zero attached hydrogens (tertiary/aromatic N) is 1. The average molecular weight is 376 g/mol. The van der Waals surface area contributed by atoms with E-state index >= 15 is 0 Å².